The fraction of sp³-hybridized carbons (Fsp3) is 0.875. The molecule has 78 valence electrons. The summed E-state index contributed by atoms with van der Waals surface area (Å²) in [5, 5.41) is 11.8. The fourth-order valence-electron chi connectivity index (χ4n) is 0.873. The number of ether oxygens (including phenoxy) is 1. The molecule has 5 nitrogen and oxygen atoms in total. The summed E-state index contributed by atoms with van der Waals surface area (Å²) in [4.78, 5) is 10.9. The summed E-state index contributed by atoms with van der Waals surface area (Å²) in [6.07, 6.45) is 0.327. The Kier molecular flexibility index (Phi) is 7.57. The van der Waals surface area contributed by atoms with Crippen molar-refractivity contribution < 1.29 is 14.6 Å². The van der Waals surface area contributed by atoms with Crippen LogP contribution in [0.2, 0.25) is 0 Å². The Labute approximate surface area is 78.3 Å². The van der Waals surface area contributed by atoms with E-state index in [-0.39, 0.29) is 5.91 Å². The standard InChI is InChI=1S/C8H18N2O3/c1-13-6-7(11)3-5-10-8(12)2-4-9/h7,11H,2-6,9H2,1H3,(H,10,12). The summed E-state index contributed by atoms with van der Waals surface area (Å²) in [6.45, 7) is 1.11. The number of rotatable bonds is 7. The normalized spacial score (nSPS) is 12.5. The molecular weight excluding hydrogens is 172 g/mol. The van der Waals surface area contributed by atoms with Crippen LogP contribution in [0, 0.1) is 0 Å². The smallest absolute Gasteiger partial charge is 0.221 e. The lowest BCUT2D eigenvalue weighted by atomic mass is 10.2. The molecule has 0 aliphatic heterocycles. The Morgan fingerprint density at radius 3 is 2.92 bits per heavy atom. The van der Waals surface area contributed by atoms with Crippen LogP contribution in [0.1, 0.15) is 12.8 Å². The number of carbonyl (C=O) groups excluding carboxylic acids is 1. The second kappa shape index (κ2) is 7.97. The van der Waals surface area contributed by atoms with Gasteiger partial charge in [0.05, 0.1) is 12.7 Å². The quantitative estimate of drug-likeness (QED) is 0.473. The van der Waals surface area contributed by atoms with Gasteiger partial charge >= 0.3 is 0 Å². The Balaban J connectivity index is 3.28. The van der Waals surface area contributed by atoms with Crippen molar-refractivity contribution >= 4 is 5.91 Å². The Hall–Kier alpha value is -0.650. The van der Waals surface area contributed by atoms with Gasteiger partial charge in [0, 0.05) is 26.6 Å². The molecule has 0 radical (unpaired) electrons. The number of amides is 1. The van der Waals surface area contributed by atoms with Gasteiger partial charge in [0.25, 0.3) is 0 Å². The molecule has 0 aliphatic rings. The van der Waals surface area contributed by atoms with Crippen LogP contribution < -0.4 is 11.1 Å². The SMILES string of the molecule is COCC(O)CCNC(=O)CCN. The first-order valence-corrected chi connectivity index (χ1v) is 4.34. The zero-order valence-corrected chi connectivity index (χ0v) is 7.95. The molecule has 1 atom stereocenters. The molecule has 0 rings (SSSR count). The Morgan fingerprint density at radius 1 is 1.69 bits per heavy atom. The van der Waals surface area contributed by atoms with Crippen LogP contribution in [0.4, 0.5) is 0 Å². The minimum atomic E-state index is -0.511. The van der Waals surface area contributed by atoms with Crippen LogP contribution in [0.5, 0.6) is 0 Å². The van der Waals surface area contributed by atoms with Crippen LogP contribution in [0.15, 0.2) is 0 Å². The van der Waals surface area contributed by atoms with E-state index in [9.17, 15) is 9.90 Å². The first kappa shape index (κ1) is 12.3. The van der Waals surface area contributed by atoms with E-state index in [2.05, 4.69) is 5.32 Å². The van der Waals surface area contributed by atoms with Crippen LogP contribution in [0.3, 0.4) is 0 Å². The van der Waals surface area contributed by atoms with Gasteiger partial charge in [-0.3, -0.25) is 4.79 Å². The number of carbonyl (C=O) groups is 1. The summed E-state index contributed by atoms with van der Waals surface area (Å²) in [6, 6.07) is 0. The van der Waals surface area contributed by atoms with E-state index in [0.717, 1.165) is 0 Å². The third-order valence-electron chi connectivity index (χ3n) is 1.53. The summed E-state index contributed by atoms with van der Waals surface area (Å²) in [5.74, 6) is -0.0767. The zero-order valence-electron chi connectivity index (χ0n) is 7.95. The van der Waals surface area contributed by atoms with Gasteiger partial charge in [-0.05, 0) is 6.42 Å². The van der Waals surface area contributed by atoms with Crippen molar-refractivity contribution in [1.29, 1.82) is 0 Å². The molecule has 0 fully saturated rings. The molecule has 4 N–H and O–H groups in total. The fourth-order valence-corrected chi connectivity index (χ4v) is 0.873. The van der Waals surface area contributed by atoms with Crippen molar-refractivity contribution in [3.05, 3.63) is 0 Å². The first-order valence-electron chi connectivity index (χ1n) is 4.34. The number of aliphatic hydroxyl groups excluding tert-OH is 1. The topological polar surface area (TPSA) is 84.6 Å². The van der Waals surface area contributed by atoms with Crippen molar-refractivity contribution in [3.8, 4) is 0 Å². The third-order valence-corrected chi connectivity index (χ3v) is 1.53. The predicted octanol–water partition coefficient (Wildman–Crippen LogP) is -1.15. The van der Waals surface area contributed by atoms with Crippen molar-refractivity contribution in [3.63, 3.8) is 0 Å². The summed E-state index contributed by atoms with van der Waals surface area (Å²) >= 11 is 0. The number of nitrogens with two attached hydrogens (primary N) is 1. The maximum absolute atomic E-state index is 10.9. The van der Waals surface area contributed by atoms with Crippen molar-refractivity contribution in [2.24, 2.45) is 5.73 Å². The molecule has 5 heteroatoms. The van der Waals surface area contributed by atoms with Crippen LogP contribution >= 0.6 is 0 Å². The van der Waals surface area contributed by atoms with E-state index in [1.165, 1.54) is 7.11 Å². The van der Waals surface area contributed by atoms with E-state index in [1.54, 1.807) is 0 Å². The highest BCUT2D eigenvalue weighted by Crippen LogP contribution is 1.90. The molecule has 0 aromatic rings. The van der Waals surface area contributed by atoms with Crippen molar-refractivity contribution in [2.45, 2.75) is 18.9 Å². The van der Waals surface area contributed by atoms with E-state index >= 15 is 0 Å². The summed E-state index contributed by atoms with van der Waals surface area (Å²) in [7, 11) is 1.52. The van der Waals surface area contributed by atoms with Crippen molar-refractivity contribution in [2.75, 3.05) is 26.8 Å². The molecule has 0 aromatic carbocycles. The van der Waals surface area contributed by atoms with E-state index in [0.29, 0.717) is 32.5 Å². The lowest BCUT2D eigenvalue weighted by molar-refractivity contribution is -0.121. The lowest BCUT2D eigenvalue weighted by Gasteiger charge is -2.09. The van der Waals surface area contributed by atoms with E-state index < -0.39 is 6.10 Å². The monoisotopic (exact) mass is 190 g/mol. The molecule has 1 amide bonds. The molecule has 0 spiro atoms. The highest BCUT2D eigenvalue weighted by Gasteiger charge is 2.04. The average Bonchev–Trinajstić information content (AvgIpc) is 2.05. The largest absolute Gasteiger partial charge is 0.391 e. The molecule has 0 aliphatic carbocycles. The zero-order chi connectivity index (χ0) is 10.1. The predicted molar refractivity (Wildman–Crippen MR) is 49.2 cm³/mol. The van der Waals surface area contributed by atoms with Gasteiger partial charge in [-0.25, -0.2) is 0 Å². The molecule has 0 aromatic heterocycles. The average molecular weight is 190 g/mol. The Morgan fingerprint density at radius 2 is 2.38 bits per heavy atom. The second-order valence-electron chi connectivity index (χ2n) is 2.79. The minimum Gasteiger partial charge on any atom is -0.391 e. The van der Waals surface area contributed by atoms with Crippen LogP contribution in [-0.4, -0.2) is 43.9 Å². The second-order valence-corrected chi connectivity index (χ2v) is 2.79. The molecule has 0 saturated carbocycles. The molecule has 0 saturated heterocycles. The van der Waals surface area contributed by atoms with Gasteiger partial charge in [-0.2, -0.15) is 0 Å². The minimum absolute atomic E-state index is 0.0767. The maximum atomic E-state index is 10.9. The summed E-state index contributed by atoms with van der Waals surface area (Å²) < 4.78 is 4.73. The molecular formula is C8H18N2O3. The number of nitrogens with one attached hydrogen (secondary N) is 1. The van der Waals surface area contributed by atoms with Gasteiger partial charge < -0.3 is 20.9 Å². The summed E-state index contributed by atoms with van der Waals surface area (Å²) in [5.41, 5.74) is 5.18. The van der Waals surface area contributed by atoms with Crippen LogP contribution in [-0.2, 0) is 9.53 Å². The number of hydrogen-bond donors (Lipinski definition) is 3. The molecule has 0 heterocycles. The molecule has 13 heavy (non-hydrogen) atoms. The molecule has 0 bridgehead atoms. The van der Waals surface area contributed by atoms with Gasteiger partial charge in [-0.15, -0.1) is 0 Å². The van der Waals surface area contributed by atoms with E-state index in [1.807, 2.05) is 0 Å². The van der Waals surface area contributed by atoms with Gasteiger partial charge in [0.15, 0.2) is 0 Å². The molecule has 1 unspecified atom stereocenters. The number of hydrogen-bond acceptors (Lipinski definition) is 4. The van der Waals surface area contributed by atoms with Crippen molar-refractivity contribution in [1.82, 2.24) is 5.32 Å². The highest BCUT2D eigenvalue weighted by atomic mass is 16.5. The van der Waals surface area contributed by atoms with Gasteiger partial charge in [-0.1, -0.05) is 0 Å². The lowest BCUT2D eigenvalue weighted by Crippen LogP contribution is -2.29. The first-order chi connectivity index (χ1) is 6.20. The van der Waals surface area contributed by atoms with Crippen LogP contribution in [0.25, 0.3) is 0 Å². The Bertz CT molecular complexity index is 141. The highest BCUT2D eigenvalue weighted by molar-refractivity contribution is 5.75. The number of aliphatic hydroxyl groups is 1. The van der Waals surface area contributed by atoms with E-state index in [4.69, 9.17) is 10.5 Å². The third kappa shape index (κ3) is 7.70. The van der Waals surface area contributed by atoms with Gasteiger partial charge in [0.2, 0.25) is 5.91 Å². The number of methoxy groups -OCH3 is 1. The maximum Gasteiger partial charge on any atom is 0.221 e. The van der Waals surface area contributed by atoms with Gasteiger partial charge in [0.1, 0.15) is 0 Å².